The molecule has 114 valence electrons. The van der Waals surface area contributed by atoms with Gasteiger partial charge in [-0.3, -0.25) is 4.31 Å². The summed E-state index contributed by atoms with van der Waals surface area (Å²) in [7, 11) is -6.91. The van der Waals surface area contributed by atoms with Gasteiger partial charge in [-0.15, -0.1) is 0 Å². The fraction of sp³-hybridized carbons (Fsp3) is 0.455. The summed E-state index contributed by atoms with van der Waals surface area (Å²) in [4.78, 5) is 0. The van der Waals surface area contributed by atoms with Crippen molar-refractivity contribution >= 4 is 37.3 Å². The van der Waals surface area contributed by atoms with Gasteiger partial charge in [-0.05, 0) is 19.1 Å². The Morgan fingerprint density at radius 1 is 1.20 bits per heavy atom. The zero-order chi connectivity index (χ0) is 15.4. The second-order valence-corrected chi connectivity index (χ2v) is 8.49. The lowest BCUT2D eigenvalue weighted by Crippen LogP contribution is -2.38. The van der Waals surface area contributed by atoms with Crippen LogP contribution in [0.3, 0.4) is 0 Å². The minimum atomic E-state index is -3.55. The lowest BCUT2D eigenvalue weighted by Gasteiger charge is -2.23. The van der Waals surface area contributed by atoms with Crippen LogP contribution in [0.4, 0.5) is 5.69 Å². The van der Waals surface area contributed by atoms with E-state index in [9.17, 15) is 16.8 Å². The van der Waals surface area contributed by atoms with Crippen LogP contribution in [-0.2, 0) is 20.0 Å². The molecule has 1 rings (SSSR count). The van der Waals surface area contributed by atoms with Crippen molar-refractivity contribution in [3.8, 4) is 0 Å². The topological polar surface area (TPSA) is 83.6 Å². The van der Waals surface area contributed by atoms with Crippen molar-refractivity contribution in [3.63, 3.8) is 0 Å². The first-order valence-electron chi connectivity index (χ1n) is 5.87. The lowest BCUT2D eigenvalue weighted by molar-refractivity contribution is 0.579. The summed E-state index contributed by atoms with van der Waals surface area (Å²) >= 11 is 5.98. The summed E-state index contributed by atoms with van der Waals surface area (Å²) in [6.07, 6.45) is 1.05. The van der Waals surface area contributed by atoms with E-state index in [2.05, 4.69) is 4.72 Å². The number of nitrogens with one attached hydrogen (secondary N) is 1. The average molecular weight is 341 g/mol. The van der Waals surface area contributed by atoms with Crippen molar-refractivity contribution in [2.75, 3.05) is 29.4 Å². The van der Waals surface area contributed by atoms with Crippen molar-refractivity contribution in [2.45, 2.75) is 6.92 Å². The highest BCUT2D eigenvalue weighted by Crippen LogP contribution is 2.26. The normalized spacial score (nSPS) is 12.3. The third-order valence-corrected chi connectivity index (χ3v) is 5.44. The molecule has 1 N–H and O–H groups in total. The molecule has 9 heteroatoms. The fourth-order valence-corrected chi connectivity index (χ4v) is 3.36. The summed E-state index contributed by atoms with van der Waals surface area (Å²) in [6.45, 7) is 1.46. The van der Waals surface area contributed by atoms with Crippen molar-refractivity contribution in [1.82, 2.24) is 4.72 Å². The van der Waals surface area contributed by atoms with Crippen LogP contribution in [0, 0.1) is 0 Å². The van der Waals surface area contributed by atoms with Gasteiger partial charge in [0, 0.05) is 13.1 Å². The molecule has 0 aromatic heterocycles. The number of para-hydroxylation sites is 1. The second kappa shape index (κ2) is 6.75. The first-order chi connectivity index (χ1) is 9.17. The molecule has 0 amide bonds. The molecule has 1 aromatic rings. The molecule has 0 heterocycles. The molecule has 6 nitrogen and oxygen atoms in total. The van der Waals surface area contributed by atoms with Crippen LogP contribution in [0.1, 0.15) is 6.92 Å². The summed E-state index contributed by atoms with van der Waals surface area (Å²) in [6, 6.07) is 6.49. The molecule has 0 aliphatic rings. The summed E-state index contributed by atoms with van der Waals surface area (Å²) in [5, 5.41) is 0.288. The maximum absolute atomic E-state index is 11.8. The van der Waals surface area contributed by atoms with Gasteiger partial charge in [0.1, 0.15) is 0 Å². The monoisotopic (exact) mass is 340 g/mol. The van der Waals surface area contributed by atoms with Crippen LogP contribution in [0.2, 0.25) is 5.02 Å². The number of nitrogens with zero attached hydrogens (tertiary/aromatic N) is 1. The zero-order valence-corrected chi connectivity index (χ0v) is 13.6. The van der Waals surface area contributed by atoms with E-state index in [1.165, 1.54) is 6.92 Å². The van der Waals surface area contributed by atoms with E-state index >= 15 is 0 Å². The first-order valence-corrected chi connectivity index (χ1v) is 9.75. The summed E-state index contributed by atoms with van der Waals surface area (Å²) in [5.41, 5.74) is 0.326. The van der Waals surface area contributed by atoms with Crippen LogP contribution < -0.4 is 9.03 Å². The van der Waals surface area contributed by atoms with Gasteiger partial charge in [0.15, 0.2) is 0 Å². The van der Waals surface area contributed by atoms with Crippen LogP contribution in [-0.4, -0.2) is 41.9 Å². The molecule has 20 heavy (non-hydrogen) atoms. The molecule has 0 saturated heterocycles. The smallest absolute Gasteiger partial charge is 0.232 e. The Morgan fingerprint density at radius 3 is 2.30 bits per heavy atom. The van der Waals surface area contributed by atoms with Gasteiger partial charge in [0.25, 0.3) is 0 Å². The van der Waals surface area contributed by atoms with E-state index in [0.29, 0.717) is 5.69 Å². The lowest BCUT2D eigenvalue weighted by atomic mass is 10.3. The number of anilines is 1. The van der Waals surface area contributed by atoms with E-state index in [0.717, 1.165) is 10.6 Å². The largest absolute Gasteiger partial charge is 0.268 e. The van der Waals surface area contributed by atoms with Crippen molar-refractivity contribution < 1.29 is 16.8 Å². The van der Waals surface area contributed by atoms with Crippen LogP contribution in [0.5, 0.6) is 0 Å². The molecule has 0 atom stereocenters. The van der Waals surface area contributed by atoms with Crippen LogP contribution >= 0.6 is 11.6 Å². The number of hydrogen-bond donors (Lipinski definition) is 1. The molecule has 0 unspecified atom stereocenters. The van der Waals surface area contributed by atoms with Crippen LogP contribution in [0.25, 0.3) is 0 Å². The van der Waals surface area contributed by atoms with Crippen molar-refractivity contribution in [3.05, 3.63) is 29.3 Å². The minimum absolute atomic E-state index is 0.0194. The highest BCUT2D eigenvalue weighted by molar-refractivity contribution is 7.92. The summed E-state index contributed by atoms with van der Waals surface area (Å²) < 4.78 is 49.7. The van der Waals surface area contributed by atoms with Crippen LogP contribution in [0.15, 0.2) is 24.3 Å². The molecule has 0 fully saturated rings. The van der Waals surface area contributed by atoms with E-state index in [-0.39, 0.29) is 23.9 Å². The summed E-state index contributed by atoms with van der Waals surface area (Å²) in [5.74, 6) is -0.0576. The molecule has 1 aromatic carbocycles. The number of halogens is 1. The number of sulfonamides is 2. The molecule has 0 bridgehead atoms. The standard InChI is InChI=1S/C11H17ClN2O4S2/c1-3-20(17,18)13-8-9-14(19(2,15)16)11-7-5-4-6-10(11)12/h4-7,13H,3,8-9H2,1-2H3. The zero-order valence-electron chi connectivity index (χ0n) is 11.2. The predicted octanol–water partition coefficient (Wildman–Crippen LogP) is 1.05. The molecule has 0 aliphatic carbocycles. The van der Waals surface area contributed by atoms with Gasteiger partial charge < -0.3 is 0 Å². The van der Waals surface area contributed by atoms with Gasteiger partial charge in [-0.1, -0.05) is 23.7 Å². The van der Waals surface area contributed by atoms with Crippen molar-refractivity contribution in [2.24, 2.45) is 0 Å². The molecule has 0 saturated carbocycles. The van der Waals surface area contributed by atoms with Gasteiger partial charge in [0.2, 0.25) is 20.0 Å². The Bertz CT molecular complexity index is 659. The maximum Gasteiger partial charge on any atom is 0.232 e. The Labute approximate surface area is 124 Å². The molecule has 0 spiro atoms. The quantitative estimate of drug-likeness (QED) is 0.804. The minimum Gasteiger partial charge on any atom is -0.268 e. The second-order valence-electron chi connectivity index (χ2n) is 4.08. The Morgan fingerprint density at radius 2 is 1.80 bits per heavy atom. The molecule has 0 aliphatic heterocycles. The molecule has 0 radical (unpaired) electrons. The highest BCUT2D eigenvalue weighted by atomic mass is 35.5. The number of rotatable bonds is 7. The third kappa shape index (κ3) is 4.93. The highest BCUT2D eigenvalue weighted by Gasteiger charge is 2.20. The van der Waals surface area contributed by atoms with Gasteiger partial charge in [-0.2, -0.15) is 0 Å². The Kier molecular flexibility index (Phi) is 5.81. The van der Waals surface area contributed by atoms with E-state index in [1.807, 2.05) is 0 Å². The average Bonchev–Trinajstić information content (AvgIpc) is 2.34. The van der Waals surface area contributed by atoms with E-state index in [4.69, 9.17) is 11.6 Å². The Hall–Kier alpha value is -0.830. The SMILES string of the molecule is CCS(=O)(=O)NCCN(c1ccccc1Cl)S(C)(=O)=O. The first kappa shape index (κ1) is 17.2. The number of hydrogen-bond acceptors (Lipinski definition) is 4. The van der Waals surface area contributed by atoms with E-state index < -0.39 is 20.0 Å². The van der Waals surface area contributed by atoms with Crippen molar-refractivity contribution in [1.29, 1.82) is 0 Å². The van der Waals surface area contributed by atoms with Gasteiger partial charge in [0.05, 0.1) is 22.7 Å². The molecular weight excluding hydrogens is 324 g/mol. The van der Waals surface area contributed by atoms with E-state index in [1.54, 1.807) is 24.3 Å². The molecular formula is C11H17ClN2O4S2. The fourth-order valence-electron chi connectivity index (χ4n) is 1.52. The number of benzene rings is 1. The van der Waals surface area contributed by atoms with Gasteiger partial charge >= 0.3 is 0 Å². The maximum atomic E-state index is 11.8. The Balaban J connectivity index is 2.92. The van der Waals surface area contributed by atoms with Gasteiger partial charge in [-0.25, -0.2) is 21.6 Å². The third-order valence-electron chi connectivity index (χ3n) is 2.54. The predicted molar refractivity (Wildman–Crippen MR) is 81.1 cm³/mol.